The van der Waals surface area contributed by atoms with Crippen molar-refractivity contribution >= 4 is 17.3 Å². The predicted molar refractivity (Wildman–Crippen MR) is 91.4 cm³/mol. The van der Waals surface area contributed by atoms with Gasteiger partial charge in [0.1, 0.15) is 5.76 Å². The number of aromatic nitrogens is 1. The summed E-state index contributed by atoms with van der Waals surface area (Å²) in [4.78, 5) is 10.00. The Morgan fingerprint density at radius 1 is 1.41 bits per heavy atom. The molecule has 0 bridgehead atoms. The van der Waals surface area contributed by atoms with Gasteiger partial charge in [-0.1, -0.05) is 13.0 Å². The van der Waals surface area contributed by atoms with Crippen molar-refractivity contribution in [3.8, 4) is 0 Å². The first-order valence-corrected chi connectivity index (χ1v) is 8.36. The Labute approximate surface area is 135 Å². The summed E-state index contributed by atoms with van der Waals surface area (Å²) in [5.74, 6) is 2.86. The second-order valence-electron chi connectivity index (χ2n) is 5.44. The van der Waals surface area contributed by atoms with Crippen LogP contribution in [0, 0.1) is 19.8 Å². The van der Waals surface area contributed by atoms with E-state index in [1.165, 1.54) is 4.88 Å². The summed E-state index contributed by atoms with van der Waals surface area (Å²) in [5, 5.41) is 8.69. The van der Waals surface area contributed by atoms with E-state index in [1.807, 2.05) is 25.2 Å². The van der Waals surface area contributed by atoms with Gasteiger partial charge in [-0.25, -0.2) is 4.98 Å². The van der Waals surface area contributed by atoms with Gasteiger partial charge in [-0.3, -0.25) is 4.99 Å². The molecule has 0 saturated carbocycles. The first kappa shape index (κ1) is 16.5. The summed E-state index contributed by atoms with van der Waals surface area (Å²) < 4.78 is 5.55. The van der Waals surface area contributed by atoms with Crippen LogP contribution in [0.5, 0.6) is 0 Å². The number of hydrogen-bond acceptors (Lipinski definition) is 4. The molecule has 0 saturated heterocycles. The van der Waals surface area contributed by atoms with Crippen LogP contribution in [0.25, 0.3) is 0 Å². The van der Waals surface area contributed by atoms with Gasteiger partial charge in [0.15, 0.2) is 5.96 Å². The molecule has 1 unspecified atom stereocenters. The summed E-state index contributed by atoms with van der Waals surface area (Å²) in [7, 11) is 1.77. The van der Waals surface area contributed by atoms with Crippen LogP contribution in [0.1, 0.15) is 29.1 Å². The summed E-state index contributed by atoms with van der Waals surface area (Å²) in [6.07, 6.45) is 1.08. The number of aliphatic imine (C=N–C) groups is 1. The number of guanidine groups is 1. The Kier molecular flexibility index (Phi) is 6.00. The van der Waals surface area contributed by atoms with E-state index in [1.54, 1.807) is 7.05 Å². The Balaban J connectivity index is 1.75. The monoisotopic (exact) mass is 320 g/mol. The molecule has 6 heteroatoms. The molecule has 0 spiro atoms. The lowest BCUT2D eigenvalue weighted by molar-refractivity contribution is 0.463. The Hall–Kier alpha value is -1.82. The topological polar surface area (TPSA) is 62.5 Å². The van der Waals surface area contributed by atoms with Crippen molar-refractivity contribution < 1.29 is 4.42 Å². The SMILES string of the molecule is CN=C(NCc1nc(C)c(C)o1)NCC(C)Cc1cccs1. The largest absolute Gasteiger partial charge is 0.444 e. The van der Waals surface area contributed by atoms with Crippen LogP contribution >= 0.6 is 11.3 Å². The van der Waals surface area contributed by atoms with Gasteiger partial charge in [0.2, 0.25) is 5.89 Å². The van der Waals surface area contributed by atoms with E-state index in [4.69, 9.17) is 4.42 Å². The zero-order valence-corrected chi connectivity index (χ0v) is 14.5. The third-order valence-electron chi connectivity index (χ3n) is 3.45. The minimum absolute atomic E-state index is 0.535. The van der Waals surface area contributed by atoms with Crippen molar-refractivity contribution in [3.63, 3.8) is 0 Å². The van der Waals surface area contributed by atoms with Crippen molar-refractivity contribution in [2.45, 2.75) is 33.7 Å². The first-order valence-electron chi connectivity index (χ1n) is 7.48. The molecule has 5 nitrogen and oxygen atoms in total. The predicted octanol–water partition coefficient (Wildman–Crippen LogP) is 2.90. The zero-order chi connectivity index (χ0) is 15.9. The van der Waals surface area contributed by atoms with Gasteiger partial charge in [-0.15, -0.1) is 11.3 Å². The molecule has 1 atom stereocenters. The van der Waals surface area contributed by atoms with Crippen molar-refractivity contribution in [1.82, 2.24) is 15.6 Å². The molecule has 22 heavy (non-hydrogen) atoms. The van der Waals surface area contributed by atoms with Crippen LogP contribution in [0.15, 0.2) is 26.9 Å². The highest BCUT2D eigenvalue weighted by atomic mass is 32.1. The standard InChI is InChI=1S/C16H24N4OS/c1-11(8-14-6-5-7-22-14)9-18-16(17-4)19-10-15-20-12(2)13(3)21-15/h5-7,11H,8-10H2,1-4H3,(H2,17,18,19). The first-order chi connectivity index (χ1) is 10.6. The summed E-state index contributed by atoms with van der Waals surface area (Å²) in [6.45, 7) is 7.52. The van der Waals surface area contributed by atoms with Gasteiger partial charge < -0.3 is 15.1 Å². The Morgan fingerprint density at radius 3 is 2.82 bits per heavy atom. The molecule has 0 aliphatic carbocycles. The lowest BCUT2D eigenvalue weighted by Crippen LogP contribution is -2.39. The highest BCUT2D eigenvalue weighted by Crippen LogP contribution is 2.13. The van der Waals surface area contributed by atoms with E-state index in [0.29, 0.717) is 18.4 Å². The van der Waals surface area contributed by atoms with Gasteiger partial charge in [0.05, 0.1) is 12.2 Å². The fourth-order valence-corrected chi connectivity index (χ4v) is 2.98. The van der Waals surface area contributed by atoms with E-state index < -0.39 is 0 Å². The third-order valence-corrected chi connectivity index (χ3v) is 4.35. The average molecular weight is 320 g/mol. The zero-order valence-electron chi connectivity index (χ0n) is 13.6. The van der Waals surface area contributed by atoms with Gasteiger partial charge in [0.25, 0.3) is 0 Å². The molecule has 0 aliphatic heterocycles. The quantitative estimate of drug-likeness (QED) is 0.634. The van der Waals surface area contributed by atoms with Crippen LogP contribution in [-0.4, -0.2) is 24.5 Å². The molecular weight excluding hydrogens is 296 g/mol. The minimum atomic E-state index is 0.535. The number of nitrogens with zero attached hydrogens (tertiary/aromatic N) is 2. The highest BCUT2D eigenvalue weighted by molar-refractivity contribution is 7.09. The molecule has 2 N–H and O–H groups in total. The Morgan fingerprint density at radius 2 is 2.23 bits per heavy atom. The van der Waals surface area contributed by atoms with Crippen LogP contribution < -0.4 is 10.6 Å². The van der Waals surface area contributed by atoms with Crippen molar-refractivity contribution in [2.24, 2.45) is 10.9 Å². The summed E-state index contributed by atoms with van der Waals surface area (Å²) in [5.41, 5.74) is 0.935. The van der Waals surface area contributed by atoms with Crippen molar-refractivity contribution in [2.75, 3.05) is 13.6 Å². The molecule has 2 rings (SSSR count). The van der Waals surface area contributed by atoms with Gasteiger partial charge in [-0.2, -0.15) is 0 Å². The molecule has 2 aromatic heterocycles. The number of aryl methyl sites for hydroxylation is 2. The number of hydrogen-bond donors (Lipinski definition) is 2. The van der Waals surface area contributed by atoms with Gasteiger partial charge >= 0.3 is 0 Å². The maximum Gasteiger partial charge on any atom is 0.214 e. The second-order valence-corrected chi connectivity index (χ2v) is 6.48. The molecular formula is C16H24N4OS. The van der Waals surface area contributed by atoms with Crippen molar-refractivity contribution in [1.29, 1.82) is 0 Å². The molecule has 0 radical (unpaired) electrons. The van der Waals surface area contributed by atoms with E-state index in [-0.39, 0.29) is 0 Å². The molecule has 0 aromatic carbocycles. The van der Waals surface area contributed by atoms with E-state index >= 15 is 0 Å². The van der Waals surface area contributed by atoms with Crippen LogP contribution in [0.4, 0.5) is 0 Å². The average Bonchev–Trinajstić information content (AvgIpc) is 3.10. The van der Waals surface area contributed by atoms with E-state index in [9.17, 15) is 0 Å². The molecule has 120 valence electrons. The number of oxazole rings is 1. The van der Waals surface area contributed by atoms with Gasteiger partial charge in [-0.05, 0) is 37.6 Å². The van der Waals surface area contributed by atoms with Crippen LogP contribution in [0.3, 0.4) is 0 Å². The summed E-state index contributed by atoms with van der Waals surface area (Å²) in [6, 6.07) is 4.28. The molecule has 0 aliphatic rings. The molecule has 0 amide bonds. The fraction of sp³-hybridized carbons (Fsp3) is 0.500. The Bertz CT molecular complexity index is 584. The van der Waals surface area contributed by atoms with Crippen LogP contribution in [-0.2, 0) is 13.0 Å². The minimum Gasteiger partial charge on any atom is -0.444 e. The normalized spacial score (nSPS) is 13.2. The van der Waals surface area contributed by atoms with E-state index in [0.717, 1.165) is 30.4 Å². The number of thiophene rings is 1. The van der Waals surface area contributed by atoms with E-state index in [2.05, 4.69) is 45.0 Å². The lowest BCUT2D eigenvalue weighted by atomic mass is 10.1. The molecule has 0 fully saturated rings. The maximum atomic E-state index is 5.55. The fourth-order valence-electron chi connectivity index (χ4n) is 2.11. The second kappa shape index (κ2) is 7.98. The van der Waals surface area contributed by atoms with Gasteiger partial charge in [0, 0.05) is 18.5 Å². The highest BCUT2D eigenvalue weighted by Gasteiger charge is 2.08. The molecule has 2 aromatic rings. The third kappa shape index (κ3) is 4.87. The molecule has 2 heterocycles. The van der Waals surface area contributed by atoms with Crippen molar-refractivity contribution in [3.05, 3.63) is 39.7 Å². The summed E-state index contributed by atoms with van der Waals surface area (Å²) >= 11 is 1.81. The number of nitrogens with one attached hydrogen (secondary N) is 2. The number of rotatable bonds is 6. The van der Waals surface area contributed by atoms with Crippen LogP contribution in [0.2, 0.25) is 0 Å². The maximum absolute atomic E-state index is 5.55. The smallest absolute Gasteiger partial charge is 0.214 e. The lowest BCUT2D eigenvalue weighted by Gasteiger charge is -2.15.